The molecule has 0 radical (unpaired) electrons. The zero-order valence-electron chi connectivity index (χ0n) is 30.3. The first-order chi connectivity index (χ1) is 22.8. The highest BCUT2D eigenvalue weighted by Gasteiger charge is 2.26. The number of ether oxygens (including phenoxy) is 2. The number of hydrogen-bond acceptors (Lipinski definition) is 7. The predicted octanol–water partition coefficient (Wildman–Crippen LogP) is 11.9. The molecule has 0 fully saturated rings. The second-order valence-corrected chi connectivity index (χ2v) is 15.3. The fourth-order valence-corrected chi connectivity index (χ4v) is 6.72. The molecule has 10 heteroatoms. The fraction of sp³-hybridized carbons (Fsp3) is 0.946. The van der Waals surface area contributed by atoms with Gasteiger partial charge < -0.3 is 14.4 Å². The molecule has 8 nitrogen and oxygen atoms in total. The largest absolute Gasteiger partial charge is 0.472 e. The molecule has 1 unspecified atom stereocenters. The number of halogens is 1. The average Bonchev–Trinajstić information content (AvgIpc) is 3.05. The van der Waals surface area contributed by atoms with Crippen LogP contribution in [0.2, 0.25) is 0 Å². The summed E-state index contributed by atoms with van der Waals surface area (Å²) in [5.74, 6) is -0.795. The van der Waals surface area contributed by atoms with Crippen molar-refractivity contribution in [3.63, 3.8) is 0 Å². The van der Waals surface area contributed by atoms with Crippen LogP contribution in [0.15, 0.2) is 0 Å². The molecule has 47 heavy (non-hydrogen) atoms. The summed E-state index contributed by atoms with van der Waals surface area (Å²) in [5.41, 5.74) is 0. The molecular formula is C37H72BrO8P. The molecule has 0 spiro atoms. The summed E-state index contributed by atoms with van der Waals surface area (Å²) in [6.07, 6.45) is 31.4. The highest BCUT2D eigenvalue weighted by atomic mass is 79.9. The van der Waals surface area contributed by atoms with Crippen LogP contribution in [-0.2, 0) is 32.7 Å². The third-order valence-electron chi connectivity index (χ3n) is 8.45. The molecule has 0 saturated heterocycles. The lowest BCUT2D eigenvalue weighted by atomic mass is 10.0. The van der Waals surface area contributed by atoms with Crippen molar-refractivity contribution in [1.82, 2.24) is 0 Å². The van der Waals surface area contributed by atoms with E-state index in [2.05, 4.69) is 29.8 Å². The number of alkyl halides is 1. The molecule has 0 aliphatic heterocycles. The molecule has 0 aliphatic carbocycles. The molecule has 280 valence electrons. The van der Waals surface area contributed by atoms with Gasteiger partial charge in [0.05, 0.1) is 13.2 Å². The molecule has 0 aliphatic rings. The molecule has 0 heterocycles. The molecule has 0 saturated carbocycles. The van der Waals surface area contributed by atoms with Gasteiger partial charge in [-0.3, -0.25) is 18.6 Å². The number of hydrogen-bond donors (Lipinski definition) is 1. The van der Waals surface area contributed by atoms with E-state index >= 15 is 0 Å². The monoisotopic (exact) mass is 754 g/mol. The summed E-state index contributed by atoms with van der Waals surface area (Å²) in [5, 5.41) is 0.370. The number of rotatable bonds is 37. The van der Waals surface area contributed by atoms with Crippen molar-refractivity contribution in [1.29, 1.82) is 0 Å². The SMILES string of the molecule is CCCCCCCCCCCCCCCC(=O)OC[C@H](COP(=O)(O)OCCBr)OC(=O)CCCCCCCCCCCCCCC. The first kappa shape index (κ1) is 46.5. The maximum atomic E-state index is 12.5. The minimum absolute atomic E-state index is 0.00854. The van der Waals surface area contributed by atoms with Crippen LogP contribution in [0.4, 0.5) is 0 Å². The van der Waals surface area contributed by atoms with Crippen LogP contribution in [0.25, 0.3) is 0 Å². The van der Waals surface area contributed by atoms with Gasteiger partial charge in [-0.2, -0.15) is 0 Å². The Balaban J connectivity index is 4.18. The standard InChI is InChI=1S/C37H72BrO8P/c1-3-5-7-9-11-13-15-17-19-21-23-25-27-29-36(39)43-33-35(34-45-47(41,42)44-32-31-38)46-37(40)30-28-26-24-22-20-18-16-14-12-10-8-6-4-2/h35H,3-34H2,1-2H3,(H,41,42)/t35-/m1/s1. The van der Waals surface area contributed by atoms with Gasteiger partial charge in [0.15, 0.2) is 6.10 Å². The average molecular weight is 756 g/mol. The number of unbranched alkanes of at least 4 members (excludes halogenated alkanes) is 24. The third-order valence-corrected chi connectivity index (χ3v) is 9.76. The smallest absolute Gasteiger partial charge is 0.462 e. The molecule has 1 N–H and O–H groups in total. The fourth-order valence-electron chi connectivity index (χ4n) is 5.56. The van der Waals surface area contributed by atoms with Gasteiger partial charge in [0.25, 0.3) is 0 Å². The highest BCUT2D eigenvalue weighted by Crippen LogP contribution is 2.43. The first-order valence-corrected chi connectivity index (χ1v) is 22.0. The van der Waals surface area contributed by atoms with Crippen LogP contribution in [0, 0.1) is 0 Å². The minimum atomic E-state index is -4.31. The Morgan fingerprint density at radius 3 is 1.30 bits per heavy atom. The molecule has 0 aromatic rings. The van der Waals surface area contributed by atoms with Crippen LogP contribution in [-0.4, -0.2) is 48.1 Å². The maximum absolute atomic E-state index is 12.5. The van der Waals surface area contributed by atoms with Gasteiger partial charge in [-0.15, -0.1) is 0 Å². The van der Waals surface area contributed by atoms with Crippen molar-refractivity contribution in [3.05, 3.63) is 0 Å². The Bertz CT molecular complexity index is 754. The number of carbonyl (C=O) groups is 2. The maximum Gasteiger partial charge on any atom is 0.472 e. The summed E-state index contributed by atoms with van der Waals surface area (Å²) in [6, 6.07) is 0. The molecule has 0 bridgehead atoms. The van der Waals surface area contributed by atoms with Crippen molar-refractivity contribution in [2.24, 2.45) is 0 Å². The van der Waals surface area contributed by atoms with E-state index in [1.165, 1.54) is 128 Å². The zero-order valence-corrected chi connectivity index (χ0v) is 32.8. The van der Waals surface area contributed by atoms with Crippen LogP contribution >= 0.6 is 23.8 Å². The van der Waals surface area contributed by atoms with Crippen molar-refractivity contribution < 1.29 is 37.6 Å². The van der Waals surface area contributed by atoms with E-state index in [-0.39, 0.29) is 25.6 Å². The van der Waals surface area contributed by atoms with Gasteiger partial charge in [-0.25, -0.2) is 4.57 Å². The van der Waals surface area contributed by atoms with Gasteiger partial charge in [0.2, 0.25) is 0 Å². The summed E-state index contributed by atoms with van der Waals surface area (Å²) < 4.78 is 32.8. The topological polar surface area (TPSA) is 108 Å². The molecule has 2 atom stereocenters. The predicted molar refractivity (Wildman–Crippen MR) is 197 cm³/mol. The molecule has 0 rings (SSSR count). The Morgan fingerprint density at radius 2 is 0.915 bits per heavy atom. The minimum Gasteiger partial charge on any atom is -0.462 e. The quantitative estimate of drug-likeness (QED) is 0.0289. The summed E-state index contributed by atoms with van der Waals surface area (Å²) in [4.78, 5) is 34.7. The molecule has 0 aromatic heterocycles. The van der Waals surface area contributed by atoms with Crippen molar-refractivity contribution >= 4 is 35.7 Å². The van der Waals surface area contributed by atoms with Gasteiger partial charge in [-0.1, -0.05) is 184 Å². The van der Waals surface area contributed by atoms with E-state index in [1.54, 1.807) is 0 Å². The number of carbonyl (C=O) groups excluding carboxylic acids is 2. The molecular weight excluding hydrogens is 683 g/mol. The Morgan fingerprint density at radius 1 is 0.553 bits per heavy atom. The Hall–Kier alpha value is -0.470. The third kappa shape index (κ3) is 35.2. The van der Waals surface area contributed by atoms with E-state index in [4.69, 9.17) is 18.5 Å². The van der Waals surface area contributed by atoms with Crippen LogP contribution in [0.3, 0.4) is 0 Å². The number of phosphoric ester groups is 1. The van der Waals surface area contributed by atoms with Crippen LogP contribution in [0.1, 0.15) is 194 Å². The number of esters is 2. The van der Waals surface area contributed by atoms with Crippen molar-refractivity contribution in [3.8, 4) is 0 Å². The van der Waals surface area contributed by atoms with Gasteiger partial charge in [0.1, 0.15) is 6.61 Å². The lowest BCUT2D eigenvalue weighted by Gasteiger charge is -2.19. The first-order valence-electron chi connectivity index (χ1n) is 19.4. The van der Waals surface area contributed by atoms with E-state index < -0.39 is 26.5 Å². The van der Waals surface area contributed by atoms with Crippen LogP contribution < -0.4 is 0 Å². The lowest BCUT2D eigenvalue weighted by Crippen LogP contribution is -2.29. The second kappa shape index (κ2) is 35.4. The van der Waals surface area contributed by atoms with Gasteiger partial charge in [-0.05, 0) is 12.8 Å². The molecule has 0 amide bonds. The normalized spacial score (nSPS) is 13.4. The lowest BCUT2D eigenvalue weighted by molar-refractivity contribution is -0.161. The Labute approximate surface area is 297 Å². The second-order valence-electron chi connectivity index (χ2n) is 13.1. The van der Waals surface area contributed by atoms with E-state index in [0.29, 0.717) is 11.8 Å². The van der Waals surface area contributed by atoms with E-state index in [9.17, 15) is 19.0 Å². The zero-order chi connectivity index (χ0) is 34.7. The van der Waals surface area contributed by atoms with Gasteiger partial charge in [0, 0.05) is 18.2 Å². The summed E-state index contributed by atoms with van der Waals surface area (Å²) in [6.45, 7) is 3.87. The van der Waals surface area contributed by atoms with Crippen molar-refractivity contribution in [2.45, 2.75) is 200 Å². The molecule has 0 aromatic carbocycles. The summed E-state index contributed by atoms with van der Waals surface area (Å²) in [7, 11) is -4.31. The number of phosphoric acid groups is 1. The summed E-state index contributed by atoms with van der Waals surface area (Å²) >= 11 is 3.13. The van der Waals surface area contributed by atoms with Gasteiger partial charge >= 0.3 is 19.8 Å². The Kier molecular flexibility index (Phi) is 35.0. The van der Waals surface area contributed by atoms with Crippen molar-refractivity contribution in [2.75, 3.05) is 25.2 Å². The van der Waals surface area contributed by atoms with Crippen LogP contribution in [0.5, 0.6) is 0 Å². The van der Waals surface area contributed by atoms with E-state index in [1.807, 2.05) is 0 Å². The highest BCUT2D eigenvalue weighted by molar-refractivity contribution is 9.09. The van der Waals surface area contributed by atoms with E-state index in [0.717, 1.165) is 38.5 Å².